The summed E-state index contributed by atoms with van der Waals surface area (Å²) in [5, 5.41) is 0. The summed E-state index contributed by atoms with van der Waals surface area (Å²) >= 11 is 0. The summed E-state index contributed by atoms with van der Waals surface area (Å²) in [5.41, 5.74) is 9.41. The van der Waals surface area contributed by atoms with E-state index in [4.69, 9.17) is 5.73 Å². The van der Waals surface area contributed by atoms with E-state index in [2.05, 4.69) is 11.0 Å². The van der Waals surface area contributed by atoms with Crippen molar-refractivity contribution in [3.8, 4) is 0 Å². The molecule has 0 aromatic heterocycles. The maximum absolute atomic E-state index is 11.4. The quantitative estimate of drug-likeness (QED) is 0.862. The lowest BCUT2D eigenvalue weighted by atomic mass is 9.72. The molecule has 1 aromatic carbocycles. The summed E-state index contributed by atoms with van der Waals surface area (Å²) in [5.74, 6) is -0.310. The van der Waals surface area contributed by atoms with Gasteiger partial charge in [-0.3, -0.25) is 9.69 Å². The number of rotatable bonds is 1. The Morgan fingerprint density at radius 2 is 2.00 bits per heavy atom. The van der Waals surface area contributed by atoms with Crippen LogP contribution in [0.5, 0.6) is 0 Å². The Morgan fingerprint density at radius 3 is 2.76 bits per heavy atom. The first-order valence-electron chi connectivity index (χ1n) is 8.31. The van der Waals surface area contributed by atoms with Crippen LogP contribution in [-0.4, -0.2) is 23.4 Å². The minimum atomic E-state index is -0.310. The molecular weight excluding hydrogens is 260 g/mol. The number of carbonyl (C=O) groups excluding carboxylic acids is 1. The number of nitrogens with zero attached hydrogens (tertiary/aromatic N) is 1. The highest BCUT2D eigenvalue weighted by Gasteiger charge is 2.45. The van der Waals surface area contributed by atoms with Gasteiger partial charge in [0.15, 0.2) is 0 Å². The molecule has 1 unspecified atom stereocenters. The zero-order valence-corrected chi connectivity index (χ0v) is 12.6. The largest absolute Gasteiger partial charge is 0.366 e. The lowest BCUT2D eigenvalue weighted by Gasteiger charge is -2.33. The third-order valence-electron chi connectivity index (χ3n) is 5.96. The Balaban J connectivity index is 1.58. The van der Waals surface area contributed by atoms with Gasteiger partial charge in [-0.25, -0.2) is 0 Å². The lowest BCUT2D eigenvalue weighted by Crippen LogP contribution is -2.36. The van der Waals surface area contributed by atoms with Crippen LogP contribution < -0.4 is 5.73 Å². The molecule has 2 heterocycles. The number of benzene rings is 1. The van der Waals surface area contributed by atoms with Gasteiger partial charge in [-0.05, 0) is 54.4 Å². The number of carbonyl (C=O) groups is 1. The Bertz CT molecular complexity index is 575. The average molecular weight is 284 g/mol. The molecule has 3 heteroatoms. The van der Waals surface area contributed by atoms with Gasteiger partial charge in [0.05, 0.1) is 0 Å². The Hall–Kier alpha value is -1.35. The molecule has 21 heavy (non-hydrogen) atoms. The molecule has 3 nitrogen and oxygen atoms in total. The number of primary amides is 1. The Morgan fingerprint density at radius 1 is 1.19 bits per heavy atom. The van der Waals surface area contributed by atoms with E-state index in [1.165, 1.54) is 56.2 Å². The fraction of sp³-hybridized carbons (Fsp3) is 0.611. The van der Waals surface area contributed by atoms with Gasteiger partial charge in [-0.1, -0.05) is 25.3 Å². The molecule has 112 valence electrons. The molecule has 1 aliphatic carbocycles. The van der Waals surface area contributed by atoms with Gasteiger partial charge in [-0.2, -0.15) is 0 Å². The van der Waals surface area contributed by atoms with Crippen molar-refractivity contribution in [2.75, 3.05) is 6.54 Å². The standard InChI is InChI=1S/C18H24N2O/c19-17(21)13-4-5-14-11-20-12-18(6-2-1-3-7-18)10-16(20)9-15(14)8-13/h4-5,8,16H,1-3,6-7,9-12H2,(H2,19,21). The molecule has 2 N–H and O–H groups in total. The van der Waals surface area contributed by atoms with E-state index in [0.717, 1.165) is 13.0 Å². The minimum absolute atomic E-state index is 0.310. The predicted octanol–water partition coefficient (Wildman–Crippen LogP) is 2.87. The van der Waals surface area contributed by atoms with Crippen LogP contribution >= 0.6 is 0 Å². The number of hydrogen-bond donors (Lipinski definition) is 1. The summed E-state index contributed by atoms with van der Waals surface area (Å²) in [7, 11) is 0. The van der Waals surface area contributed by atoms with Crippen LogP contribution in [-0.2, 0) is 13.0 Å². The van der Waals surface area contributed by atoms with Gasteiger partial charge >= 0.3 is 0 Å². The van der Waals surface area contributed by atoms with Crippen molar-refractivity contribution in [2.45, 2.75) is 57.5 Å². The van der Waals surface area contributed by atoms with E-state index in [1.54, 1.807) is 0 Å². The smallest absolute Gasteiger partial charge is 0.248 e. The zero-order valence-electron chi connectivity index (χ0n) is 12.6. The van der Waals surface area contributed by atoms with E-state index in [0.29, 0.717) is 17.0 Å². The van der Waals surface area contributed by atoms with E-state index in [1.807, 2.05) is 12.1 Å². The van der Waals surface area contributed by atoms with E-state index >= 15 is 0 Å². The topological polar surface area (TPSA) is 46.3 Å². The molecule has 2 aliphatic heterocycles. The molecule has 2 fully saturated rings. The molecule has 3 aliphatic rings. The van der Waals surface area contributed by atoms with Crippen molar-refractivity contribution in [3.63, 3.8) is 0 Å². The van der Waals surface area contributed by atoms with Gasteiger partial charge in [0.2, 0.25) is 5.91 Å². The molecular formula is C18H24N2O. The molecule has 1 amide bonds. The van der Waals surface area contributed by atoms with Gasteiger partial charge in [0.1, 0.15) is 0 Å². The highest BCUT2D eigenvalue weighted by molar-refractivity contribution is 5.93. The molecule has 0 bridgehead atoms. The third kappa shape index (κ3) is 2.28. The van der Waals surface area contributed by atoms with Crippen molar-refractivity contribution in [1.29, 1.82) is 0 Å². The summed E-state index contributed by atoms with van der Waals surface area (Å²) in [4.78, 5) is 14.1. The first-order valence-corrected chi connectivity index (χ1v) is 8.31. The second-order valence-electron chi connectivity index (χ2n) is 7.38. The van der Waals surface area contributed by atoms with Crippen LogP contribution in [0.2, 0.25) is 0 Å². The van der Waals surface area contributed by atoms with Crippen molar-refractivity contribution < 1.29 is 4.79 Å². The third-order valence-corrected chi connectivity index (χ3v) is 5.96. The summed E-state index contributed by atoms with van der Waals surface area (Å²) in [6, 6.07) is 6.70. The van der Waals surface area contributed by atoms with Gasteiger partial charge in [0.25, 0.3) is 0 Å². The van der Waals surface area contributed by atoms with E-state index in [-0.39, 0.29) is 5.91 Å². The molecule has 1 spiro atoms. The first-order chi connectivity index (χ1) is 10.2. The van der Waals surface area contributed by atoms with E-state index < -0.39 is 0 Å². The fourth-order valence-corrected chi connectivity index (χ4v) is 4.90. The van der Waals surface area contributed by atoms with Crippen LogP contribution in [0.15, 0.2) is 18.2 Å². The highest BCUT2D eigenvalue weighted by atomic mass is 16.1. The fourth-order valence-electron chi connectivity index (χ4n) is 4.90. The molecule has 4 rings (SSSR count). The average Bonchev–Trinajstić information content (AvgIpc) is 2.80. The number of hydrogen-bond acceptors (Lipinski definition) is 2. The normalized spacial score (nSPS) is 27.3. The maximum atomic E-state index is 11.4. The molecule has 1 saturated carbocycles. The Labute approximate surface area is 126 Å². The van der Waals surface area contributed by atoms with Crippen molar-refractivity contribution in [3.05, 3.63) is 34.9 Å². The number of amides is 1. The second-order valence-corrected chi connectivity index (χ2v) is 7.38. The SMILES string of the molecule is NC(=O)c1ccc2c(c1)CC1CC3(CCCCC3)CN1C2. The van der Waals surface area contributed by atoms with Crippen LogP contribution in [0.4, 0.5) is 0 Å². The van der Waals surface area contributed by atoms with Crippen LogP contribution in [0, 0.1) is 5.41 Å². The number of nitrogens with two attached hydrogens (primary N) is 1. The van der Waals surface area contributed by atoms with Crippen LogP contribution in [0.25, 0.3) is 0 Å². The summed E-state index contributed by atoms with van der Waals surface area (Å²) in [6.07, 6.45) is 9.55. The minimum Gasteiger partial charge on any atom is -0.366 e. The summed E-state index contributed by atoms with van der Waals surface area (Å²) in [6.45, 7) is 2.34. The first kappa shape index (κ1) is 13.3. The van der Waals surface area contributed by atoms with Crippen molar-refractivity contribution in [1.82, 2.24) is 4.90 Å². The monoisotopic (exact) mass is 284 g/mol. The summed E-state index contributed by atoms with van der Waals surface area (Å²) < 4.78 is 0. The van der Waals surface area contributed by atoms with Gasteiger partial charge in [0, 0.05) is 24.7 Å². The molecule has 1 atom stereocenters. The second kappa shape index (κ2) is 4.84. The zero-order chi connectivity index (χ0) is 14.4. The van der Waals surface area contributed by atoms with Crippen molar-refractivity contribution >= 4 is 5.91 Å². The molecule has 0 radical (unpaired) electrons. The molecule has 1 aromatic rings. The van der Waals surface area contributed by atoms with Crippen LogP contribution in [0.3, 0.4) is 0 Å². The van der Waals surface area contributed by atoms with Gasteiger partial charge in [-0.15, -0.1) is 0 Å². The lowest BCUT2D eigenvalue weighted by molar-refractivity contribution is 0.1000. The molecule has 1 saturated heterocycles. The predicted molar refractivity (Wildman–Crippen MR) is 83.0 cm³/mol. The number of fused-ring (bicyclic) bond motifs is 2. The Kier molecular flexibility index (Phi) is 3.07. The maximum Gasteiger partial charge on any atom is 0.248 e. The van der Waals surface area contributed by atoms with Crippen LogP contribution in [0.1, 0.15) is 60.0 Å². The van der Waals surface area contributed by atoms with Crippen molar-refractivity contribution in [2.24, 2.45) is 11.1 Å². The van der Waals surface area contributed by atoms with E-state index in [9.17, 15) is 4.79 Å². The highest BCUT2D eigenvalue weighted by Crippen LogP contribution is 2.48. The van der Waals surface area contributed by atoms with Gasteiger partial charge < -0.3 is 5.73 Å².